The summed E-state index contributed by atoms with van der Waals surface area (Å²) in [6.07, 6.45) is 1.55. The van der Waals surface area contributed by atoms with Crippen molar-refractivity contribution in [1.29, 1.82) is 0 Å². The van der Waals surface area contributed by atoms with Gasteiger partial charge in [-0.25, -0.2) is 0 Å². The fourth-order valence-electron chi connectivity index (χ4n) is 4.92. The van der Waals surface area contributed by atoms with Gasteiger partial charge in [0.25, 0.3) is 5.91 Å². The topological polar surface area (TPSA) is 55.8 Å². The number of piperidine rings is 1. The van der Waals surface area contributed by atoms with E-state index in [0.717, 1.165) is 28.0 Å². The second-order valence-corrected chi connectivity index (χ2v) is 10.1. The molecule has 5 nitrogen and oxygen atoms in total. The number of likely N-dealkylation sites (tertiary alicyclic amines) is 1. The lowest BCUT2D eigenvalue weighted by Crippen LogP contribution is -2.53. The van der Waals surface area contributed by atoms with Crippen LogP contribution in [0.25, 0.3) is 0 Å². The van der Waals surface area contributed by atoms with Crippen molar-refractivity contribution >= 4 is 23.3 Å². The van der Waals surface area contributed by atoms with Crippen molar-refractivity contribution in [3.05, 3.63) is 57.1 Å². The molecule has 0 N–H and O–H groups in total. The molecule has 1 fully saturated rings. The largest absolute Gasteiger partial charge is 0.486 e. The lowest BCUT2D eigenvalue weighted by Gasteiger charge is -2.44. The summed E-state index contributed by atoms with van der Waals surface area (Å²) < 4.78 is 12.4. The van der Waals surface area contributed by atoms with Gasteiger partial charge in [-0.2, -0.15) is 0 Å². The van der Waals surface area contributed by atoms with Crippen LogP contribution in [0.4, 0.5) is 0 Å². The zero-order valence-electron chi connectivity index (χ0n) is 20.1. The number of nitrogens with zero attached hydrogens (tertiary/aromatic N) is 1. The Bertz CT molecular complexity index is 1100. The number of hydrogen-bond donors (Lipinski definition) is 0. The molecule has 0 aliphatic carbocycles. The zero-order chi connectivity index (χ0) is 23.9. The molecule has 1 amide bonds. The van der Waals surface area contributed by atoms with E-state index in [1.54, 1.807) is 0 Å². The zero-order valence-corrected chi connectivity index (χ0v) is 20.8. The molecule has 1 spiro atoms. The standard InChI is InChI=1S/C27H32ClNO4/c1-16(2)20-7-6-17(3)12-22(20)32-15-24(31)29-10-8-27(9-11-29)14-21(30)25-19(5)26(28)18(4)13-23(25)33-27/h6-7,12-13,16H,8-11,14-15H2,1-5H3. The number of ketones is 1. The first kappa shape index (κ1) is 23.6. The quantitative estimate of drug-likeness (QED) is 0.568. The minimum atomic E-state index is -0.560. The third-order valence-corrected chi connectivity index (χ3v) is 7.48. The first-order valence-electron chi connectivity index (χ1n) is 11.6. The molecule has 1 saturated heterocycles. The summed E-state index contributed by atoms with van der Waals surface area (Å²) in [6, 6.07) is 7.98. The molecule has 6 heteroatoms. The number of Topliss-reactive ketones (excluding diaryl/α,β-unsaturated/α-hetero) is 1. The van der Waals surface area contributed by atoms with Crippen molar-refractivity contribution in [2.24, 2.45) is 0 Å². The maximum absolute atomic E-state index is 13.0. The molecule has 0 unspecified atom stereocenters. The number of ether oxygens (including phenoxy) is 2. The Balaban J connectivity index is 1.41. The molecular formula is C27H32ClNO4. The van der Waals surface area contributed by atoms with Crippen LogP contribution in [0.2, 0.25) is 5.02 Å². The summed E-state index contributed by atoms with van der Waals surface area (Å²) in [4.78, 5) is 27.7. The summed E-state index contributed by atoms with van der Waals surface area (Å²) >= 11 is 6.36. The van der Waals surface area contributed by atoms with Crippen LogP contribution in [-0.4, -0.2) is 41.9 Å². The molecular weight excluding hydrogens is 438 g/mol. The van der Waals surface area contributed by atoms with Crippen molar-refractivity contribution < 1.29 is 19.1 Å². The van der Waals surface area contributed by atoms with Crippen molar-refractivity contribution in [1.82, 2.24) is 4.90 Å². The van der Waals surface area contributed by atoms with Gasteiger partial charge in [0.1, 0.15) is 17.1 Å². The van der Waals surface area contributed by atoms with Crippen molar-refractivity contribution in [3.63, 3.8) is 0 Å². The minimum Gasteiger partial charge on any atom is -0.486 e. The number of fused-ring (bicyclic) bond motifs is 1. The van der Waals surface area contributed by atoms with E-state index in [4.69, 9.17) is 21.1 Å². The summed E-state index contributed by atoms with van der Waals surface area (Å²) in [6.45, 7) is 11.1. The van der Waals surface area contributed by atoms with E-state index in [1.165, 1.54) is 0 Å². The second kappa shape index (κ2) is 9.02. The Labute approximate surface area is 201 Å². The van der Waals surface area contributed by atoms with Gasteiger partial charge in [0, 0.05) is 31.0 Å². The van der Waals surface area contributed by atoms with Gasteiger partial charge in [-0.05, 0) is 61.1 Å². The molecule has 33 heavy (non-hydrogen) atoms. The highest BCUT2D eigenvalue weighted by Crippen LogP contribution is 2.43. The fourth-order valence-corrected chi connectivity index (χ4v) is 5.07. The molecule has 2 heterocycles. The number of carbonyl (C=O) groups is 2. The van der Waals surface area contributed by atoms with Gasteiger partial charge in [0.05, 0.1) is 12.0 Å². The van der Waals surface area contributed by atoms with Crippen LogP contribution >= 0.6 is 11.6 Å². The first-order valence-corrected chi connectivity index (χ1v) is 12.0. The Morgan fingerprint density at radius 3 is 2.55 bits per heavy atom. The number of amides is 1. The third kappa shape index (κ3) is 4.61. The average Bonchev–Trinajstić information content (AvgIpc) is 2.75. The predicted molar refractivity (Wildman–Crippen MR) is 130 cm³/mol. The lowest BCUT2D eigenvalue weighted by molar-refractivity contribution is -0.136. The Morgan fingerprint density at radius 1 is 1.18 bits per heavy atom. The SMILES string of the molecule is Cc1ccc(C(C)C)c(OCC(=O)N2CCC3(CC2)CC(=O)c2c(cc(C)c(Cl)c2C)O3)c1. The van der Waals surface area contributed by atoms with E-state index < -0.39 is 5.60 Å². The van der Waals surface area contributed by atoms with E-state index in [9.17, 15) is 9.59 Å². The highest BCUT2D eigenvalue weighted by atomic mass is 35.5. The van der Waals surface area contributed by atoms with E-state index in [1.807, 2.05) is 37.8 Å². The molecule has 0 saturated carbocycles. The molecule has 0 bridgehead atoms. The summed E-state index contributed by atoms with van der Waals surface area (Å²) in [5.41, 5.74) is 3.93. The molecule has 0 aromatic heterocycles. The summed E-state index contributed by atoms with van der Waals surface area (Å²) in [5.74, 6) is 1.74. The van der Waals surface area contributed by atoms with E-state index >= 15 is 0 Å². The van der Waals surface area contributed by atoms with Crippen LogP contribution in [0.3, 0.4) is 0 Å². The number of hydrogen-bond acceptors (Lipinski definition) is 4. The second-order valence-electron chi connectivity index (χ2n) is 9.76. The maximum Gasteiger partial charge on any atom is 0.260 e. The lowest BCUT2D eigenvalue weighted by atomic mass is 9.81. The molecule has 2 aliphatic rings. The number of aryl methyl sites for hydroxylation is 2. The van der Waals surface area contributed by atoms with Gasteiger partial charge in [-0.3, -0.25) is 9.59 Å². The number of halogens is 1. The van der Waals surface area contributed by atoms with Crippen LogP contribution in [0, 0.1) is 20.8 Å². The Kier molecular flexibility index (Phi) is 6.45. The molecule has 2 aliphatic heterocycles. The Hall–Kier alpha value is -2.53. The van der Waals surface area contributed by atoms with Crippen LogP contribution < -0.4 is 9.47 Å². The van der Waals surface area contributed by atoms with Gasteiger partial charge in [0.2, 0.25) is 0 Å². The summed E-state index contributed by atoms with van der Waals surface area (Å²) in [7, 11) is 0. The van der Waals surface area contributed by atoms with Crippen LogP contribution in [0.5, 0.6) is 11.5 Å². The normalized spacial score (nSPS) is 17.2. The first-order chi connectivity index (χ1) is 15.6. The minimum absolute atomic E-state index is 0.00961. The van der Waals surface area contributed by atoms with Crippen LogP contribution in [0.15, 0.2) is 24.3 Å². The van der Waals surface area contributed by atoms with Crippen molar-refractivity contribution in [2.45, 2.75) is 65.4 Å². The monoisotopic (exact) mass is 469 g/mol. The molecule has 4 rings (SSSR count). The van der Waals surface area contributed by atoms with Gasteiger partial charge in [-0.1, -0.05) is 37.6 Å². The highest BCUT2D eigenvalue weighted by Gasteiger charge is 2.44. The summed E-state index contributed by atoms with van der Waals surface area (Å²) in [5, 5.41) is 0.622. The van der Waals surface area contributed by atoms with Gasteiger partial charge < -0.3 is 14.4 Å². The highest BCUT2D eigenvalue weighted by molar-refractivity contribution is 6.32. The molecule has 2 aromatic carbocycles. The number of carbonyl (C=O) groups excluding carboxylic acids is 2. The predicted octanol–water partition coefficient (Wildman–Crippen LogP) is 5.79. The van der Waals surface area contributed by atoms with Crippen molar-refractivity contribution in [3.8, 4) is 11.5 Å². The van der Waals surface area contributed by atoms with E-state index in [0.29, 0.717) is 54.6 Å². The molecule has 0 radical (unpaired) electrons. The van der Waals surface area contributed by atoms with Gasteiger partial charge in [-0.15, -0.1) is 0 Å². The van der Waals surface area contributed by atoms with E-state index in [2.05, 4.69) is 26.0 Å². The maximum atomic E-state index is 13.0. The van der Waals surface area contributed by atoms with Gasteiger partial charge in [0.15, 0.2) is 12.4 Å². The average molecular weight is 470 g/mol. The van der Waals surface area contributed by atoms with Crippen LogP contribution in [-0.2, 0) is 4.79 Å². The fraction of sp³-hybridized carbons (Fsp3) is 0.481. The smallest absolute Gasteiger partial charge is 0.260 e. The molecule has 2 aromatic rings. The number of benzene rings is 2. The third-order valence-electron chi connectivity index (χ3n) is 6.90. The van der Waals surface area contributed by atoms with E-state index in [-0.39, 0.29) is 18.3 Å². The van der Waals surface area contributed by atoms with Gasteiger partial charge >= 0.3 is 0 Å². The molecule has 176 valence electrons. The van der Waals surface area contributed by atoms with Crippen molar-refractivity contribution in [2.75, 3.05) is 19.7 Å². The number of rotatable bonds is 4. The van der Waals surface area contributed by atoms with Crippen LogP contribution in [0.1, 0.15) is 71.6 Å². The molecule has 0 atom stereocenters. The Morgan fingerprint density at radius 2 is 1.88 bits per heavy atom.